The van der Waals surface area contributed by atoms with Gasteiger partial charge in [0.15, 0.2) is 6.29 Å². The molecule has 0 aliphatic carbocycles. The third-order valence-electron chi connectivity index (χ3n) is 5.17. The second-order valence-electron chi connectivity index (χ2n) is 7.67. The normalized spacial score (nSPS) is 32.5. The number of aliphatic hydroxyl groups is 1. The van der Waals surface area contributed by atoms with Gasteiger partial charge in [-0.25, -0.2) is 0 Å². The molecule has 0 amide bonds. The van der Waals surface area contributed by atoms with Crippen LogP contribution in [0.25, 0.3) is 0 Å². The minimum Gasteiger partial charge on any atom is -0.385 e. The van der Waals surface area contributed by atoms with Crippen molar-refractivity contribution in [2.45, 2.75) is 48.9 Å². The Morgan fingerprint density at radius 2 is 1.76 bits per heavy atom. The van der Waals surface area contributed by atoms with E-state index in [1.54, 1.807) is 12.1 Å². The minimum absolute atomic E-state index is 0.0219. The van der Waals surface area contributed by atoms with E-state index < -0.39 is 40.3 Å². The predicted molar refractivity (Wildman–Crippen MR) is 104 cm³/mol. The van der Waals surface area contributed by atoms with Crippen molar-refractivity contribution < 1.29 is 31.9 Å². The molecule has 2 fully saturated rings. The highest BCUT2D eigenvalue weighted by Gasteiger charge is 2.53. The summed E-state index contributed by atoms with van der Waals surface area (Å²) in [6, 6.07) is 15.6. The molecule has 29 heavy (non-hydrogen) atoms. The average Bonchev–Trinajstić information content (AvgIpc) is 2.71. The first-order chi connectivity index (χ1) is 13.8. The second-order valence-corrected chi connectivity index (χ2v) is 9.24. The minimum atomic E-state index is -4.12. The zero-order chi connectivity index (χ0) is 20.6. The summed E-state index contributed by atoms with van der Waals surface area (Å²) < 4.78 is 48.7. The van der Waals surface area contributed by atoms with E-state index in [1.807, 2.05) is 37.3 Å². The molecule has 2 aromatic rings. The number of hydrogen-bond donors (Lipinski definition) is 1. The molecule has 2 aliphatic rings. The quantitative estimate of drug-likeness (QED) is 0.759. The smallest absolute Gasteiger partial charge is 0.297 e. The molecular formula is C21H24O7S. The lowest BCUT2D eigenvalue weighted by Gasteiger charge is -2.48. The van der Waals surface area contributed by atoms with E-state index >= 15 is 0 Å². The lowest BCUT2D eigenvalue weighted by molar-refractivity contribution is -0.324. The van der Waals surface area contributed by atoms with Crippen molar-refractivity contribution in [1.29, 1.82) is 0 Å². The molecule has 0 bridgehead atoms. The van der Waals surface area contributed by atoms with Gasteiger partial charge in [-0.3, -0.25) is 4.18 Å². The van der Waals surface area contributed by atoms with Gasteiger partial charge in [-0.2, -0.15) is 8.42 Å². The Kier molecular flexibility index (Phi) is 5.50. The van der Waals surface area contributed by atoms with Gasteiger partial charge in [0, 0.05) is 5.56 Å². The third kappa shape index (κ3) is 4.23. The molecule has 5 atom stereocenters. The molecule has 0 spiro atoms. The molecule has 2 saturated heterocycles. The summed E-state index contributed by atoms with van der Waals surface area (Å²) in [5.74, 6) is 0. The molecule has 2 aromatic carbocycles. The molecule has 2 aliphatic heterocycles. The lowest BCUT2D eigenvalue weighted by atomic mass is 9.89. The maximum Gasteiger partial charge on any atom is 0.297 e. The van der Waals surface area contributed by atoms with E-state index in [4.69, 9.17) is 18.4 Å². The fourth-order valence-electron chi connectivity index (χ4n) is 3.51. The zero-order valence-electron chi connectivity index (χ0n) is 16.2. The second kappa shape index (κ2) is 7.79. The molecule has 0 aromatic heterocycles. The summed E-state index contributed by atoms with van der Waals surface area (Å²) in [6.07, 6.45) is -3.22. The van der Waals surface area contributed by atoms with Crippen molar-refractivity contribution in [1.82, 2.24) is 0 Å². The Hall–Kier alpha value is -1.81. The lowest BCUT2D eigenvalue weighted by Crippen LogP contribution is -2.64. The van der Waals surface area contributed by atoms with Crippen LogP contribution in [0.4, 0.5) is 0 Å². The summed E-state index contributed by atoms with van der Waals surface area (Å²) in [7, 11) is -4.12. The Labute approximate surface area is 170 Å². The largest absolute Gasteiger partial charge is 0.385 e. The highest BCUT2D eigenvalue weighted by atomic mass is 32.2. The molecule has 8 heteroatoms. The van der Waals surface area contributed by atoms with Gasteiger partial charge < -0.3 is 19.3 Å². The summed E-state index contributed by atoms with van der Waals surface area (Å²) in [5, 5.41) is 10.8. The van der Waals surface area contributed by atoms with Crippen molar-refractivity contribution in [2.75, 3.05) is 13.2 Å². The molecule has 4 rings (SSSR count). The molecule has 0 saturated carbocycles. The van der Waals surface area contributed by atoms with Crippen molar-refractivity contribution >= 4 is 10.1 Å². The Morgan fingerprint density at radius 3 is 2.45 bits per heavy atom. The van der Waals surface area contributed by atoms with Crippen molar-refractivity contribution in [3.63, 3.8) is 0 Å². The fraction of sp³-hybridized carbons (Fsp3) is 0.429. The topological polar surface area (TPSA) is 91.3 Å². The fourth-order valence-corrected chi connectivity index (χ4v) is 4.68. The van der Waals surface area contributed by atoms with Crippen LogP contribution >= 0.6 is 0 Å². The highest BCUT2D eigenvalue weighted by Crippen LogP contribution is 2.37. The van der Waals surface area contributed by atoms with Crippen LogP contribution in [-0.4, -0.2) is 50.7 Å². The van der Waals surface area contributed by atoms with Crippen LogP contribution in [0.1, 0.15) is 24.3 Å². The zero-order valence-corrected chi connectivity index (χ0v) is 17.0. The van der Waals surface area contributed by atoms with Gasteiger partial charge in [-0.05, 0) is 26.0 Å². The molecule has 7 nitrogen and oxygen atoms in total. The molecule has 2 heterocycles. The van der Waals surface area contributed by atoms with E-state index in [9.17, 15) is 13.5 Å². The number of aryl methyl sites for hydroxylation is 1. The number of ether oxygens (including phenoxy) is 3. The van der Waals surface area contributed by atoms with Gasteiger partial charge >= 0.3 is 0 Å². The van der Waals surface area contributed by atoms with Gasteiger partial charge in [0.1, 0.15) is 23.9 Å². The highest BCUT2D eigenvalue weighted by molar-refractivity contribution is 7.86. The van der Waals surface area contributed by atoms with Crippen molar-refractivity contribution in [2.24, 2.45) is 0 Å². The summed E-state index contributed by atoms with van der Waals surface area (Å²) in [5.41, 5.74) is 0.161. The Balaban J connectivity index is 1.61. The average molecular weight is 420 g/mol. The van der Waals surface area contributed by atoms with Crippen molar-refractivity contribution in [3.8, 4) is 0 Å². The molecule has 1 unspecified atom stereocenters. The van der Waals surface area contributed by atoms with Crippen LogP contribution in [-0.2, 0) is 28.5 Å². The first-order valence-electron chi connectivity index (χ1n) is 9.42. The van der Waals surface area contributed by atoms with Crippen LogP contribution in [0.15, 0.2) is 59.5 Å². The van der Waals surface area contributed by atoms with Crippen LogP contribution in [0, 0.1) is 6.92 Å². The number of fused-ring (bicyclic) bond motifs is 1. The van der Waals surface area contributed by atoms with Gasteiger partial charge in [0.2, 0.25) is 0 Å². The van der Waals surface area contributed by atoms with Crippen LogP contribution in [0.3, 0.4) is 0 Å². The number of hydrogen-bond acceptors (Lipinski definition) is 7. The van der Waals surface area contributed by atoms with Crippen LogP contribution in [0.2, 0.25) is 0 Å². The van der Waals surface area contributed by atoms with Gasteiger partial charge in [0.05, 0.1) is 18.1 Å². The monoisotopic (exact) mass is 420 g/mol. The predicted octanol–water partition coefficient (Wildman–Crippen LogP) is 2.33. The maximum absolute atomic E-state index is 12.9. The standard InChI is InChI=1S/C21H24O7S/c1-14-8-10-16(11-9-14)29(23,24)28-19-18-17(26-13-21(19,2)22)12-25-20(27-18)15-6-4-3-5-7-15/h3-11,17-20,22H,12-13H2,1-2H3/t17-,18?,19+,20-,21+/m1/s1. The maximum atomic E-state index is 12.9. The van der Waals surface area contributed by atoms with E-state index in [1.165, 1.54) is 19.1 Å². The third-order valence-corrected chi connectivity index (χ3v) is 6.48. The first-order valence-corrected chi connectivity index (χ1v) is 10.8. The first kappa shape index (κ1) is 20.5. The van der Waals surface area contributed by atoms with E-state index in [0.29, 0.717) is 0 Å². The van der Waals surface area contributed by atoms with Crippen molar-refractivity contribution in [3.05, 3.63) is 65.7 Å². The van der Waals surface area contributed by atoms with Crippen LogP contribution < -0.4 is 0 Å². The Bertz CT molecular complexity index is 941. The summed E-state index contributed by atoms with van der Waals surface area (Å²) in [6.45, 7) is 3.45. The van der Waals surface area contributed by atoms with E-state index in [2.05, 4.69) is 0 Å². The summed E-state index contributed by atoms with van der Waals surface area (Å²) >= 11 is 0. The van der Waals surface area contributed by atoms with Crippen LogP contribution in [0.5, 0.6) is 0 Å². The summed E-state index contributed by atoms with van der Waals surface area (Å²) in [4.78, 5) is 0.0219. The Morgan fingerprint density at radius 1 is 1.07 bits per heavy atom. The molecule has 156 valence electrons. The van der Waals surface area contributed by atoms with Gasteiger partial charge in [0.25, 0.3) is 10.1 Å². The molecule has 0 radical (unpaired) electrons. The SMILES string of the molecule is Cc1ccc(S(=O)(=O)O[C@H]2C3O[C@H](c4ccccc4)OC[C@H]3OC[C@]2(C)O)cc1. The van der Waals surface area contributed by atoms with Gasteiger partial charge in [-0.1, -0.05) is 48.0 Å². The number of benzene rings is 2. The molecule has 1 N–H and O–H groups in total. The van der Waals surface area contributed by atoms with Gasteiger partial charge in [-0.15, -0.1) is 0 Å². The molecular weight excluding hydrogens is 396 g/mol. The van der Waals surface area contributed by atoms with E-state index in [0.717, 1.165) is 11.1 Å². The van der Waals surface area contributed by atoms with E-state index in [-0.39, 0.29) is 18.1 Å². The number of rotatable bonds is 4.